The van der Waals surface area contributed by atoms with E-state index in [-0.39, 0.29) is 18.1 Å². The average Bonchev–Trinajstić information content (AvgIpc) is 2.87. The Bertz CT molecular complexity index is 383. The molecule has 2 rings (SSSR count). The summed E-state index contributed by atoms with van der Waals surface area (Å²) in [6, 6.07) is 5.47. The van der Waals surface area contributed by atoms with Gasteiger partial charge in [0.15, 0.2) is 0 Å². The highest BCUT2D eigenvalue weighted by Gasteiger charge is 2.32. The zero-order valence-corrected chi connectivity index (χ0v) is 9.87. The van der Waals surface area contributed by atoms with Gasteiger partial charge in [-0.3, -0.25) is 9.69 Å². The van der Waals surface area contributed by atoms with Crippen LogP contribution in [0.5, 0.6) is 0 Å². The number of rotatable bonds is 3. The Hall–Kier alpha value is -1.46. The number of amides is 1. The molecule has 5 nitrogen and oxygen atoms in total. The second-order valence-corrected chi connectivity index (χ2v) is 4.14. The second-order valence-electron chi connectivity index (χ2n) is 4.14. The van der Waals surface area contributed by atoms with E-state index in [0.29, 0.717) is 12.4 Å². The van der Waals surface area contributed by atoms with Crippen LogP contribution in [0.1, 0.15) is 12.8 Å². The van der Waals surface area contributed by atoms with Crippen LogP contribution in [0.3, 0.4) is 0 Å². The van der Waals surface area contributed by atoms with Gasteiger partial charge in [-0.15, -0.1) is 0 Å². The van der Waals surface area contributed by atoms with E-state index in [1.54, 1.807) is 19.3 Å². The molecule has 2 heterocycles. The molecule has 2 N–H and O–H groups in total. The molecule has 1 amide bonds. The van der Waals surface area contributed by atoms with Gasteiger partial charge in [-0.05, 0) is 25.0 Å². The van der Waals surface area contributed by atoms with Crippen molar-refractivity contribution < 1.29 is 9.53 Å². The predicted molar refractivity (Wildman–Crippen MR) is 64.6 cm³/mol. The first kappa shape index (κ1) is 12.0. The van der Waals surface area contributed by atoms with Gasteiger partial charge in [0.1, 0.15) is 11.9 Å². The monoisotopic (exact) mass is 235 g/mol. The van der Waals surface area contributed by atoms with E-state index in [1.165, 1.54) is 4.90 Å². The number of hydrogen-bond acceptors (Lipinski definition) is 4. The molecule has 92 valence electrons. The molecule has 1 fully saturated rings. The number of nitrogens with two attached hydrogens (primary N) is 1. The molecule has 0 aliphatic carbocycles. The first-order valence-electron chi connectivity index (χ1n) is 5.76. The molecular weight excluding hydrogens is 218 g/mol. The maximum Gasteiger partial charge on any atom is 0.257 e. The van der Waals surface area contributed by atoms with E-state index in [0.717, 1.165) is 12.8 Å². The fourth-order valence-electron chi connectivity index (χ4n) is 1.94. The summed E-state index contributed by atoms with van der Waals surface area (Å²) in [7, 11) is 1.71. The highest BCUT2D eigenvalue weighted by atomic mass is 16.5. The van der Waals surface area contributed by atoms with Gasteiger partial charge >= 0.3 is 0 Å². The number of anilines is 1. The predicted octanol–water partition coefficient (Wildman–Crippen LogP) is 0.551. The van der Waals surface area contributed by atoms with Gasteiger partial charge in [-0.1, -0.05) is 6.07 Å². The standard InChI is InChI=1S/C12H17N3O2/c1-15(11-4-2-3-7-14-11)12(16)10-6-5-9(8-13)17-10/h2-4,7,9-10H,5-6,8,13H2,1H3. The average molecular weight is 235 g/mol. The lowest BCUT2D eigenvalue weighted by atomic mass is 10.2. The molecule has 1 aliphatic heterocycles. The minimum absolute atomic E-state index is 0.0149. The minimum Gasteiger partial charge on any atom is -0.364 e. The third-order valence-corrected chi connectivity index (χ3v) is 2.97. The van der Waals surface area contributed by atoms with Crippen LogP contribution in [0.15, 0.2) is 24.4 Å². The molecule has 0 aromatic carbocycles. The van der Waals surface area contributed by atoms with Crippen LogP contribution < -0.4 is 10.6 Å². The first-order chi connectivity index (χ1) is 8.22. The van der Waals surface area contributed by atoms with Crippen molar-refractivity contribution in [1.29, 1.82) is 0 Å². The molecule has 1 saturated heterocycles. The SMILES string of the molecule is CN(C(=O)C1CCC(CN)O1)c1ccccn1. The van der Waals surface area contributed by atoms with E-state index in [4.69, 9.17) is 10.5 Å². The number of aromatic nitrogens is 1. The largest absolute Gasteiger partial charge is 0.364 e. The van der Waals surface area contributed by atoms with Crippen LogP contribution in [0.2, 0.25) is 0 Å². The fourth-order valence-corrected chi connectivity index (χ4v) is 1.94. The van der Waals surface area contributed by atoms with Gasteiger partial charge in [0.25, 0.3) is 5.91 Å². The summed E-state index contributed by atoms with van der Waals surface area (Å²) in [6.07, 6.45) is 2.88. The van der Waals surface area contributed by atoms with Crippen molar-refractivity contribution in [3.8, 4) is 0 Å². The maximum atomic E-state index is 12.1. The Kier molecular flexibility index (Phi) is 3.71. The number of nitrogens with zero attached hydrogens (tertiary/aromatic N) is 2. The molecule has 0 spiro atoms. The Labute approximate surface area is 101 Å². The summed E-state index contributed by atoms with van der Waals surface area (Å²) in [4.78, 5) is 17.8. The zero-order chi connectivity index (χ0) is 12.3. The third-order valence-electron chi connectivity index (χ3n) is 2.97. The zero-order valence-electron chi connectivity index (χ0n) is 9.87. The van der Waals surface area contributed by atoms with Crippen LogP contribution in [-0.4, -0.2) is 36.7 Å². The molecular formula is C12H17N3O2. The van der Waals surface area contributed by atoms with Crippen LogP contribution in [0, 0.1) is 0 Å². The Morgan fingerprint density at radius 3 is 3.00 bits per heavy atom. The lowest BCUT2D eigenvalue weighted by molar-refractivity contribution is -0.128. The summed E-state index contributed by atoms with van der Waals surface area (Å²) in [5.41, 5.74) is 5.52. The molecule has 0 saturated carbocycles. The van der Waals surface area contributed by atoms with Crippen molar-refractivity contribution in [3.05, 3.63) is 24.4 Å². The highest BCUT2D eigenvalue weighted by molar-refractivity contribution is 5.95. The normalized spacial score (nSPS) is 23.6. The lowest BCUT2D eigenvalue weighted by Crippen LogP contribution is -2.37. The summed E-state index contributed by atoms with van der Waals surface area (Å²) >= 11 is 0. The van der Waals surface area contributed by atoms with Crippen molar-refractivity contribution in [2.24, 2.45) is 5.73 Å². The number of pyridine rings is 1. The smallest absolute Gasteiger partial charge is 0.257 e. The van der Waals surface area contributed by atoms with Gasteiger partial charge in [0.2, 0.25) is 0 Å². The van der Waals surface area contributed by atoms with Gasteiger partial charge in [0.05, 0.1) is 6.10 Å². The summed E-state index contributed by atoms with van der Waals surface area (Å²) in [6.45, 7) is 0.469. The number of carbonyl (C=O) groups excluding carboxylic acids is 1. The van der Waals surface area contributed by atoms with Crippen molar-refractivity contribution in [3.63, 3.8) is 0 Å². The second kappa shape index (κ2) is 5.25. The number of likely N-dealkylation sites (N-methyl/N-ethyl adjacent to an activating group) is 1. The molecule has 1 aromatic heterocycles. The Morgan fingerprint density at radius 1 is 1.59 bits per heavy atom. The quantitative estimate of drug-likeness (QED) is 0.830. The topological polar surface area (TPSA) is 68.5 Å². The van der Waals surface area contributed by atoms with Crippen molar-refractivity contribution in [2.45, 2.75) is 25.0 Å². The molecule has 5 heteroatoms. The van der Waals surface area contributed by atoms with E-state index in [2.05, 4.69) is 4.98 Å². The van der Waals surface area contributed by atoms with Crippen LogP contribution in [0.25, 0.3) is 0 Å². The fraction of sp³-hybridized carbons (Fsp3) is 0.500. The number of hydrogen-bond donors (Lipinski definition) is 1. The van der Waals surface area contributed by atoms with E-state index in [9.17, 15) is 4.79 Å². The molecule has 17 heavy (non-hydrogen) atoms. The number of carbonyl (C=O) groups is 1. The van der Waals surface area contributed by atoms with E-state index in [1.807, 2.05) is 12.1 Å². The molecule has 0 bridgehead atoms. The van der Waals surface area contributed by atoms with Gasteiger partial charge < -0.3 is 10.5 Å². The molecule has 0 radical (unpaired) electrons. The molecule has 2 atom stereocenters. The van der Waals surface area contributed by atoms with Crippen LogP contribution >= 0.6 is 0 Å². The van der Waals surface area contributed by atoms with Gasteiger partial charge in [-0.25, -0.2) is 4.98 Å². The van der Waals surface area contributed by atoms with Gasteiger partial charge in [-0.2, -0.15) is 0 Å². The molecule has 1 aliphatic rings. The van der Waals surface area contributed by atoms with E-state index >= 15 is 0 Å². The number of ether oxygens (including phenoxy) is 1. The van der Waals surface area contributed by atoms with Crippen LogP contribution in [0.4, 0.5) is 5.82 Å². The van der Waals surface area contributed by atoms with Crippen molar-refractivity contribution in [2.75, 3.05) is 18.5 Å². The summed E-state index contributed by atoms with van der Waals surface area (Å²) in [5, 5.41) is 0. The maximum absolute atomic E-state index is 12.1. The van der Waals surface area contributed by atoms with Gasteiger partial charge in [0, 0.05) is 19.8 Å². The van der Waals surface area contributed by atoms with Crippen molar-refractivity contribution in [1.82, 2.24) is 4.98 Å². The first-order valence-corrected chi connectivity index (χ1v) is 5.76. The minimum atomic E-state index is -0.379. The lowest BCUT2D eigenvalue weighted by Gasteiger charge is -2.20. The van der Waals surface area contributed by atoms with Crippen molar-refractivity contribution >= 4 is 11.7 Å². The Morgan fingerprint density at radius 2 is 2.41 bits per heavy atom. The summed E-state index contributed by atoms with van der Waals surface area (Å²) < 4.78 is 5.57. The summed E-state index contributed by atoms with van der Waals surface area (Å²) in [5.74, 6) is 0.581. The molecule has 2 unspecified atom stereocenters. The Balaban J connectivity index is 2.01. The van der Waals surface area contributed by atoms with E-state index < -0.39 is 0 Å². The third kappa shape index (κ3) is 2.62. The molecule has 1 aromatic rings. The van der Waals surface area contributed by atoms with Crippen LogP contribution in [-0.2, 0) is 9.53 Å². The highest BCUT2D eigenvalue weighted by Crippen LogP contribution is 2.21.